The number of benzene rings is 1. The zero-order valence-corrected chi connectivity index (χ0v) is 9.96. The molecule has 0 radical (unpaired) electrons. The molecule has 0 spiro atoms. The first kappa shape index (κ1) is 11.6. The smallest absolute Gasteiger partial charge is 0.123 e. The summed E-state index contributed by atoms with van der Waals surface area (Å²) in [7, 11) is 4.19. The summed E-state index contributed by atoms with van der Waals surface area (Å²) >= 11 is 0. The van der Waals surface area contributed by atoms with Crippen molar-refractivity contribution in [3.8, 4) is 0 Å². The highest BCUT2D eigenvalue weighted by atomic mass is 19.1. The summed E-state index contributed by atoms with van der Waals surface area (Å²) < 4.78 is 13.0. The van der Waals surface area contributed by atoms with Crippen LogP contribution in [0.4, 0.5) is 4.39 Å². The van der Waals surface area contributed by atoms with E-state index >= 15 is 0 Å². The lowest BCUT2D eigenvalue weighted by Gasteiger charge is -2.43. The monoisotopic (exact) mass is 222 g/mol. The van der Waals surface area contributed by atoms with Gasteiger partial charge in [-0.1, -0.05) is 12.1 Å². The maximum atomic E-state index is 13.0. The maximum absolute atomic E-state index is 13.0. The molecular weight excluding hydrogens is 203 g/mol. The fraction of sp³-hybridized carbons (Fsp3) is 0.538. The normalized spacial score (nSPS) is 26.0. The van der Waals surface area contributed by atoms with Crippen LogP contribution in [-0.2, 0) is 5.54 Å². The molecule has 0 amide bonds. The zero-order valence-electron chi connectivity index (χ0n) is 9.96. The minimum absolute atomic E-state index is 0.0198. The van der Waals surface area contributed by atoms with Crippen LogP contribution in [0.3, 0.4) is 0 Å². The molecule has 1 aromatic carbocycles. The molecule has 1 fully saturated rings. The Morgan fingerprint density at radius 1 is 1.25 bits per heavy atom. The van der Waals surface area contributed by atoms with Crippen molar-refractivity contribution in [1.29, 1.82) is 0 Å². The van der Waals surface area contributed by atoms with Crippen LogP contribution in [0.2, 0.25) is 0 Å². The van der Waals surface area contributed by atoms with Gasteiger partial charge in [-0.3, -0.25) is 4.90 Å². The largest absolute Gasteiger partial charge is 0.315 e. The van der Waals surface area contributed by atoms with Crippen LogP contribution in [-0.4, -0.2) is 32.1 Å². The highest BCUT2D eigenvalue weighted by Crippen LogP contribution is 2.33. The third kappa shape index (κ3) is 1.97. The Bertz CT molecular complexity index is 339. The summed E-state index contributed by atoms with van der Waals surface area (Å²) in [6.45, 7) is 2.02. The Morgan fingerprint density at radius 2 is 1.94 bits per heavy atom. The van der Waals surface area contributed by atoms with Crippen molar-refractivity contribution in [2.45, 2.75) is 18.4 Å². The molecule has 1 heterocycles. The van der Waals surface area contributed by atoms with Gasteiger partial charge < -0.3 is 5.32 Å². The molecule has 1 unspecified atom stereocenters. The van der Waals surface area contributed by atoms with E-state index in [4.69, 9.17) is 0 Å². The van der Waals surface area contributed by atoms with Crippen molar-refractivity contribution in [1.82, 2.24) is 10.2 Å². The Labute approximate surface area is 96.5 Å². The summed E-state index contributed by atoms with van der Waals surface area (Å²) in [6.07, 6.45) is 2.29. The Balaban J connectivity index is 2.34. The van der Waals surface area contributed by atoms with E-state index in [1.54, 1.807) is 12.1 Å². The third-order valence-electron chi connectivity index (χ3n) is 3.60. The van der Waals surface area contributed by atoms with Crippen molar-refractivity contribution in [2.24, 2.45) is 0 Å². The molecule has 2 nitrogen and oxygen atoms in total. The number of hydrogen-bond acceptors (Lipinski definition) is 2. The molecule has 1 saturated heterocycles. The summed E-state index contributed by atoms with van der Waals surface area (Å²) in [5.41, 5.74) is 1.22. The average Bonchev–Trinajstić information content (AvgIpc) is 2.30. The molecule has 1 atom stereocenters. The number of likely N-dealkylation sites (N-methyl/N-ethyl adjacent to an activating group) is 1. The van der Waals surface area contributed by atoms with Gasteiger partial charge in [0.05, 0.1) is 5.54 Å². The Morgan fingerprint density at radius 3 is 2.44 bits per heavy atom. The van der Waals surface area contributed by atoms with Gasteiger partial charge in [0.1, 0.15) is 5.82 Å². The lowest BCUT2D eigenvalue weighted by atomic mass is 9.82. The summed E-state index contributed by atoms with van der Waals surface area (Å²) in [4.78, 5) is 2.24. The van der Waals surface area contributed by atoms with Gasteiger partial charge in [-0.15, -0.1) is 0 Å². The molecule has 0 aromatic heterocycles. The Kier molecular flexibility index (Phi) is 3.26. The van der Waals surface area contributed by atoms with Crippen LogP contribution < -0.4 is 5.32 Å². The first-order valence-electron chi connectivity index (χ1n) is 5.79. The van der Waals surface area contributed by atoms with Crippen LogP contribution in [0.15, 0.2) is 24.3 Å². The van der Waals surface area contributed by atoms with Crippen molar-refractivity contribution in [3.05, 3.63) is 35.6 Å². The number of piperidine rings is 1. The molecule has 3 heteroatoms. The molecule has 0 saturated carbocycles. The van der Waals surface area contributed by atoms with Gasteiger partial charge in [-0.05, 0) is 51.2 Å². The average molecular weight is 222 g/mol. The van der Waals surface area contributed by atoms with Crippen LogP contribution in [0.25, 0.3) is 0 Å². The van der Waals surface area contributed by atoms with E-state index < -0.39 is 0 Å². The topological polar surface area (TPSA) is 15.3 Å². The van der Waals surface area contributed by atoms with Gasteiger partial charge in [0.15, 0.2) is 0 Å². The number of rotatable bonds is 2. The minimum Gasteiger partial charge on any atom is -0.315 e. The van der Waals surface area contributed by atoms with E-state index in [2.05, 4.69) is 24.3 Å². The third-order valence-corrected chi connectivity index (χ3v) is 3.60. The van der Waals surface area contributed by atoms with E-state index in [9.17, 15) is 4.39 Å². The predicted molar refractivity (Wildman–Crippen MR) is 63.9 cm³/mol. The zero-order chi connectivity index (χ0) is 11.6. The second-order valence-corrected chi connectivity index (χ2v) is 4.71. The van der Waals surface area contributed by atoms with Crippen molar-refractivity contribution < 1.29 is 4.39 Å². The summed E-state index contributed by atoms with van der Waals surface area (Å²) in [5.74, 6) is -0.165. The maximum Gasteiger partial charge on any atom is 0.123 e. The fourth-order valence-electron chi connectivity index (χ4n) is 2.54. The molecule has 1 aromatic rings. The highest BCUT2D eigenvalue weighted by molar-refractivity contribution is 5.26. The number of halogens is 1. The second kappa shape index (κ2) is 4.52. The molecule has 0 aliphatic carbocycles. The second-order valence-electron chi connectivity index (χ2n) is 4.71. The van der Waals surface area contributed by atoms with Gasteiger partial charge in [0, 0.05) is 6.54 Å². The van der Waals surface area contributed by atoms with E-state index in [0.29, 0.717) is 0 Å². The highest BCUT2D eigenvalue weighted by Gasteiger charge is 2.35. The SMILES string of the molecule is CN(C)C1(c2ccc(F)cc2)CCCNC1. The van der Waals surface area contributed by atoms with Crippen LogP contribution in [0.5, 0.6) is 0 Å². The predicted octanol–water partition coefficient (Wildman–Crippen LogP) is 1.97. The summed E-state index contributed by atoms with van der Waals surface area (Å²) in [5, 5.41) is 3.43. The van der Waals surface area contributed by atoms with Crippen molar-refractivity contribution >= 4 is 0 Å². The molecule has 16 heavy (non-hydrogen) atoms. The van der Waals surface area contributed by atoms with Crippen molar-refractivity contribution in [2.75, 3.05) is 27.2 Å². The molecule has 0 bridgehead atoms. The minimum atomic E-state index is -0.165. The number of nitrogens with zero attached hydrogens (tertiary/aromatic N) is 1. The summed E-state index contributed by atoms with van der Waals surface area (Å²) in [6, 6.07) is 6.91. The van der Waals surface area contributed by atoms with Gasteiger partial charge in [0.25, 0.3) is 0 Å². The van der Waals surface area contributed by atoms with Crippen LogP contribution >= 0.6 is 0 Å². The van der Waals surface area contributed by atoms with Gasteiger partial charge in [-0.2, -0.15) is 0 Å². The van der Waals surface area contributed by atoms with E-state index in [-0.39, 0.29) is 11.4 Å². The van der Waals surface area contributed by atoms with Gasteiger partial charge >= 0.3 is 0 Å². The van der Waals surface area contributed by atoms with E-state index in [1.165, 1.54) is 5.56 Å². The van der Waals surface area contributed by atoms with Gasteiger partial charge in [0.2, 0.25) is 0 Å². The Hall–Kier alpha value is -0.930. The molecule has 88 valence electrons. The van der Waals surface area contributed by atoms with Crippen LogP contribution in [0, 0.1) is 5.82 Å². The number of nitrogens with one attached hydrogen (secondary N) is 1. The molecular formula is C13H19FN2. The standard InChI is InChI=1S/C13H19FN2/c1-16(2)13(8-3-9-15-10-13)11-4-6-12(14)7-5-11/h4-7,15H,3,8-10H2,1-2H3. The first-order chi connectivity index (χ1) is 7.65. The van der Waals surface area contributed by atoms with E-state index in [1.807, 2.05) is 12.1 Å². The van der Waals surface area contributed by atoms with Crippen LogP contribution in [0.1, 0.15) is 18.4 Å². The van der Waals surface area contributed by atoms with Gasteiger partial charge in [-0.25, -0.2) is 4.39 Å². The van der Waals surface area contributed by atoms with E-state index in [0.717, 1.165) is 25.9 Å². The fourth-order valence-corrected chi connectivity index (χ4v) is 2.54. The quantitative estimate of drug-likeness (QED) is 0.823. The molecule has 1 aliphatic heterocycles. The first-order valence-corrected chi connectivity index (χ1v) is 5.79. The molecule has 2 rings (SSSR count). The molecule has 1 N–H and O–H groups in total. The lowest BCUT2D eigenvalue weighted by molar-refractivity contribution is 0.113. The van der Waals surface area contributed by atoms with Crippen molar-refractivity contribution in [3.63, 3.8) is 0 Å². The molecule has 1 aliphatic rings. The lowest BCUT2D eigenvalue weighted by Crippen LogP contribution is -2.52. The number of hydrogen-bond donors (Lipinski definition) is 1.